The van der Waals surface area contributed by atoms with E-state index in [9.17, 15) is 15.3 Å². The third-order valence-corrected chi connectivity index (χ3v) is 9.13. The van der Waals surface area contributed by atoms with E-state index >= 15 is 0 Å². The Kier molecular flexibility index (Phi) is 3.77. The summed E-state index contributed by atoms with van der Waals surface area (Å²) in [6.07, 6.45) is 9.10. The second-order valence-electron chi connectivity index (χ2n) is 9.75. The molecule has 0 spiro atoms. The Hall–Kier alpha value is -0.380. The van der Waals surface area contributed by atoms with E-state index in [0.29, 0.717) is 17.8 Å². The van der Waals surface area contributed by atoms with Crippen molar-refractivity contribution in [2.24, 2.45) is 34.5 Å². The van der Waals surface area contributed by atoms with E-state index < -0.39 is 5.60 Å². The average Bonchev–Trinajstić information content (AvgIpc) is 2.80. The molecule has 0 aromatic carbocycles. The van der Waals surface area contributed by atoms with Crippen LogP contribution in [0.15, 0.2) is 11.6 Å². The maximum atomic E-state index is 11.0. The summed E-state index contributed by atoms with van der Waals surface area (Å²) in [4.78, 5) is 0. The first-order valence-electron chi connectivity index (χ1n) is 9.99. The molecule has 24 heavy (non-hydrogen) atoms. The van der Waals surface area contributed by atoms with Crippen LogP contribution in [0.3, 0.4) is 0 Å². The second-order valence-corrected chi connectivity index (χ2v) is 9.75. The molecule has 3 heteroatoms. The molecule has 8 atom stereocenters. The van der Waals surface area contributed by atoms with Gasteiger partial charge in [-0.25, -0.2) is 0 Å². The molecule has 0 heterocycles. The molecule has 0 aromatic heterocycles. The van der Waals surface area contributed by atoms with Crippen molar-refractivity contribution < 1.29 is 15.3 Å². The zero-order chi connectivity index (χ0) is 17.3. The molecule has 4 rings (SSSR count). The first-order chi connectivity index (χ1) is 11.3. The summed E-state index contributed by atoms with van der Waals surface area (Å²) in [7, 11) is 0. The van der Waals surface area contributed by atoms with Gasteiger partial charge in [-0.3, -0.25) is 0 Å². The lowest BCUT2D eigenvalue weighted by Crippen LogP contribution is -2.56. The van der Waals surface area contributed by atoms with Crippen molar-refractivity contribution in [2.75, 3.05) is 6.61 Å². The van der Waals surface area contributed by atoms with Crippen molar-refractivity contribution >= 4 is 0 Å². The Morgan fingerprint density at radius 2 is 1.79 bits per heavy atom. The lowest BCUT2D eigenvalue weighted by molar-refractivity contribution is -0.127. The number of aliphatic hydroxyl groups is 3. The fraction of sp³-hybridized carbons (Fsp3) is 0.905. The van der Waals surface area contributed by atoms with Gasteiger partial charge in [0.1, 0.15) is 0 Å². The van der Waals surface area contributed by atoms with Crippen molar-refractivity contribution in [3.05, 3.63) is 11.6 Å². The third-order valence-electron chi connectivity index (χ3n) is 9.13. The quantitative estimate of drug-likeness (QED) is 0.645. The molecular formula is C21H34O3. The molecule has 0 radical (unpaired) electrons. The van der Waals surface area contributed by atoms with Gasteiger partial charge in [0, 0.05) is 11.3 Å². The van der Waals surface area contributed by atoms with Crippen molar-refractivity contribution in [1.82, 2.24) is 0 Å². The molecule has 0 bridgehead atoms. The lowest BCUT2D eigenvalue weighted by atomic mass is 9.45. The molecule has 0 amide bonds. The van der Waals surface area contributed by atoms with Crippen LogP contribution in [-0.4, -0.2) is 33.6 Å². The van der Waals surface area contributed by atoms with Crippen LogP contribution in [-0.2, 0) is 0 Å². The highest BCUT2D eigenvalue weighted by molar-refractivity contribution is 5.29. The van der Waals surface area contributed by atoms with Gasteiger partial charge in [0.2, 0.25) is 0 Å². The average molecular weight is 335 g/mol. The molecule has 0 aliphatic heterocycles. The highest BCUT2D eigenvalue weighted by atomic mass is 16.3. The largest absolute Gasteiger partial charge is 0.395 e. The van der Waals surface area contributed by atoms with E-state index in [4.69, 9.17) is 0 Å². The number of hydrogen-bond acceptors (Lipinski definition) is 3. The van der Waals surface area contributed by atoms with Crippen molar-refractivity contribution in [1.29, 1.82) is 0 Å². The van der Waals surface area contributed by atoms with Crippen LogP contribution in [0.25, 0.3) is 0 Å². The Morgan fingerprint density at radius 1 is 1.08 bits per heavy atom. The van der Waals surface area contributed by atoms with Gasteiger partial charge in [0.05, 0.1) is 18.3 Å². The second kappa shape index (κ2) is 5.31. The van der Waals surface area contributed by atoms with Gasteiger partial charge in [-0.1, -0.05) is 25.5 Å². The third kappa shape index (κ3) is 1.95. The van der Waals surface area contributed by atoms with Crippen molar-refractivity contribution in [2.45, 2.75) is 77.4 Å². The van der Waals surface area contributed by atoms with Crippen molar-refractivity contribution in [3.8, 4) is 0 Å². The smallest absolute Gasteiger partial charge is 0.0675 e. The molecule has 1 unspecified atom stereocenters. The fourth-order valence-corrected chi connectivity index (χ4v) is 7.35. The first kappa shape index (κ1) is 17.1. The number of aliphatic hydroxyl groups excluding tert-OH is 2. The summed E-state index contributed by atoms with van der Waals surface area (Å²) in [5, 5.41) is 31.8. The van der Waals surface area contributed by atoms with Crippen LogP contribution in [0.5, 0.6) is 0 Å². The van der Waals surface area contributed by atoms with Crippen LogP contribution >= 0.6 is 0 Å². The van der Waals surface area contributed by atoms with Gasteiger partial charge in [-0.05, 0) is 75.0 Å². The van der Waals surface area contributed by atoms with E-state index in [1.807, 2.05) is 6.92 Å². The Bertz CT molecular complexity index is 553. The normalized spacial score (nSPS) is 56.9. The topological polar surface area (TPSA) is 60.7 Å². The molecule has 136 valence electrons. The van der Waals surface area contributed by atoms with Crippen molar-refractivity contribution in [3.63, 3.8) is 0 Å². The van der Waals surface area contributed by atoms with Crippen LogP contribution in [0.2, 0.25) is 0 Å². The maximum Gasteiger partial charge on any atom is 0.0675 e. The van der Waals surface area contributed by atoms with Crippen LogP contribution in [0, 0.1) is 34.5 Å². The highest BCUT2D eigenvalue weighted by Gasteiger charge is 2.63. The minimum atomic E-state index is -0.547. The Balaban J connectivity index is 1.73. The monoisotopic (exact) mass is 334 g/mol. The summed E-state index contributed by atoms with van der Waals surface area (Å²) in [6.45, 7) is 6.70. The molecule has 3 nitrogen and oxygen atoms in total. The number of allylic oxidation sites excluding steroid dienone is 1. The minimum absolute atomic E-state index is 0.0238. The summed E-state index contributed by atoms with van der Waals surface area (Å²) >= 11 is 0. The molecule has 4 aliphatic rings. The molecule has 3 N–H and O–H groups in total. The van der Waals surface area contributed by atoms with Crippen LogP contribution in [0.4, 0.5) is 0 Å². The van der Waals surface area contributed by atoms with E-state index in [0.717, 1.165) is 44.9 Å². The SMILES string of the molecule is CC1C2=CC[C@@H]3[C@H](CC[C@@]4(C)[C@H]3CC[C@]4(C)O)[C@@]2(CO)CC[C@H]1O. The lowest BCUT2D eigenvalue weighted by Gasteiger charge is -2.60. The van der Waals surface area contributed by atoms with E-state index in [1.54, 1.807) is 0 Å². The minimum Gasteiger partial charge on any atom is -0.395 e. The summed E-state index contributed by atoms with van der Waals surface area (Å²) < 4.78 is 0. The summed E-state index contributed by atoms with van der Waals surface area (Å²) in [5.41, 5.74) is 0.695. The summed E-state index contributed by atoms with van der Waals surface area (Å²) in [5.74, 6) is 1.84. The zero-order valence-corrected chi connectivity index (χ0v) is 15.5. The number of hydrogen-bond donors (Lipinski definition) is 3. The van der Waals surface area contributed by atoms with Gasteiger partial charge in [0.25, 0.3) is 0 Å². The van der Waals surface area contributed by atoms with Crippen LogP contribution < -0.4 is 0 Å². The number of rotatable bonds is 1. The summed E-state index contributed by atoms with van der Waals surface area (Å²) in [6, 6.07) is 0. The van der Waals surface area contributed by atoms with Crippen LogP contribution in [0.1, 0.15) is 65.7 Å². The molecule has 4 aliphatic carbocycles. The predicted molar refractivity (Wildman–Crippen MR) is 94.3 cm³/mol. The predicted octanol–water partition coefficient (Wildman–Crippen LogP) is 3.28. The van der Waals surface area contributed by atoms with Gasteiger partial charge >= 0.3 is 0 Å². The van der Waals surface area contributed by atoms with E-state index in [2.05, 4.69) is 19.9 Å². The molecule has 0 saturated heterocycles. The van der Waals surface area contributed by atoms with E-state index in [-0.39, 0.29) is 29.5 Å². The van der Waals surface area contributed by atoms with Gasteiger partial charge in [-0.2, -0.15) is 0 Å². The number of fused-ring (bicyclic) bond motifs is 5. The first-order valence-corrected chi connectivity index (χ1v) is 9.99. The molecular weight excluding hydrogens is 300 g/mol. The zero-order valence-electron chi connectivity index (χ0n) is 15.5. The van der Waals surface area contributed by atoms with Gasteiger partial charge in [-0.15, -0.1) is 0 Å². The van der Waals surface area contributed by atoms with E-state index in [1.165, 1.54) is 5.57 Å². The standard InChI is InChI=1S/C21H34O3/c1-13-15-5-4-14-16-7-10-20(3,24)19(16,2)9-6-17(14)21(15,12-22)11-8-18(13)23/h5,13-14,16-18,22-24H,4,6-12H2,1-3H3/t13?,14-,16-,17-,18+,19-,20-,21+/m0/s1. The molecule has 3 fully saturated rings. The highest BCUT2D eigenvalue weighted by Crippen LogP contribution is 2.67. The Morgan fingerprint density at radius 3 is 2.50 bits per heavy atom. The molecule has 3 saturated carbocycles. The maximum absolute atomic E-state index is 11.0. The Labute approximate surface area is 146 Å². The van der Waals surface area contributed by atoms with Gasteiger partial charge < -0.3 is 15.3 Å². The molecule has 0 aromatic rings. The van der Waals surface area contributed by atoms with Gasteiger partial charge in [0.15, 0.2) is 0 Å². The fourth-order valence-electron chi connectivity index (χ4n) is 7.35.